The van der Waals surface area contributed by atoms with E-state index in [2.05, 4.69) is 9.72 Å². The van der Waals surface area contributed by atoms with E-state index in [9.17, 15) is 9.18 Å². The van der Waals surface area contributed by atoms with Crippen LogP contribution in [0, 0.1) is 18.7 Å². The number of carbonyl (C=O) groups is 1. The van der Waals surface area contributed by atoms with Crippen molar-refractivity contribution in [2.75, 3.05) is 11.9 Å². The zero-order chi connectivity index (χ0) is 24.1. The summed E-state index contributed by atoms with van der Waals surface area (Å²) in [4.78, 5) is 21.6. The lowest BCUT2D eigenvalue weighted by Gasteiger charge is -2.16. The number of hydrogen-bond donors (Lipinski definition) is 2. The monoisotopic (exact) mass is 469 g/mol. The minimum absolute atomic E-state index is 0.278. The predicted molar refractivity (Wildman–Crippen MR) is 135 cm³/mol. The largest absolute Gasteiger partial charge is 0.367 e. The first kappa shape index (κ1) is 21.8. The summed E-state index contributed by atoms with van der Waals surface area (Å²) in [6.45, 7) is 2.82. The van der Waals surface area contributed by atoms with Crippen molar-refractivity contribution >= 4 is 17.4 Å². The van der Waals surface area contributed by atoms with Gasteiger partial charge < -0.3 is 11.1 Å². The molecule has 7 heteroatoms. The van der Waals surface area contributed by atoms with Crippen LogP contribution in [0.2, 0.25) is 0 Å². The van der Waals surface area contributed by atoms with Crippen LogP contribution in [0.5, 0.6) is 0 Å². The summed E-state index contributed by atoms with van der Waals surface area (Å²) in [5.74, 6) is 1.27. The van der Waals surface area contributed by atoms with Crippen LogP contribution in [0.1, 0.15) is 59.5 Å². The molecule has 0 spiro atoms. The van der Waals surface area contributed by atoms with Crippen LogP contribution < -0.4 is 11.1 Å². The summed E-state index contributed by atoms with van der Waals surface area (Å²) in [5.41, 5.74) is 12.7. The van der Waals surface area contributed by atoms with Crippen molar-refractivity contribution < 1.29 is 9.18 Å². The fourth-order valence-electron chi connectivity index (χ4n) is 4.98. The molecule has 0 atom stereocenters. The Morgan fingerprint density at radius 3 is 2.60 bits per heavy atom. The van der Waals surface area contributed by atoms with Gasteiger partial charge in [0.2, 0.25) is 5.91 Å². The number of carbonyl (C=O) groups excluding carboxylic acids is 1. The van der Waals surface area contributed by atoms with E-state index in [0.29, 0.717) is 11.5 Å². The normalized spacial score (nSPS) is 15.5. The Morgan fingerprint density at radius 1 is 1.14 bits per heavy atom. The number of hydrogen-bond acceptors (Lipinski definition) is 4. The molecule has 4 aromatic rings. The molecular formula is C28H28FN5O. The van der Waals surface area contributed by atoms with Gasteiger partial charge in [0.15, 0.2) is 11.5 Å². The Balaban J connectivity index is 1.51. The number of nitrogens with two attached hydrogens (primary N) is 1. The van der Waals surface area contributed by atoms with E-state index in [4.69, 9.17) is 15.7 Å². The summed E-state index contributed by atoms with van der Waals surface area (Å²) in [6, 6.07) is 10.2. The van der Waals surface area contributed by atoms with Gasteiger partial charge >= 0.3 is 0 Å². The maximum absolute atomic E-state index is 13.6. The SMILES string of the molecule is Cc1c(C(N)=O)ccc(-c2cnc3c(NCCC4CC4)nc(-c4ccc(F)cc4)cn23)c1C1CC1. The number of imidazole rings is 1. The number of rotatable bonds is 8. The van der Waals surface area contributed by atoms with Gasteiger partial charge in [-0.2, -0.15) is 0 Å². The molecule has 2 saturated carbocycles. The molecule has 6 rings (SSSR count). The zero-order valence-electron chi connectivity index (χ0n) is 19.7. The summed E-state index contributed by atoms with van der Waals surface area (Å²) in [5, 5.41) is 3.50. The topological polar surface area (TPSA) is 85.3 Å². The van der Waals surface area contributed by atoms with Crippen molar-refractivity contribution in [2.24, 2.45) is 11.7 Å². The Labute approximate surface area is 203 Å². The molecule has 0 radical (unpaired) electrons. The minimum atomic E-state index is -0.404. The zero-order valence-corrected chi connectivity index (χ0v) is 19.7. The molecule has 6 nitrogen and oxygen atoms in total. The Kier molecular flexibility index (Phi) is 5.28. The number of halogens is 1. The van der Waals surface area contributed by atoms with Gasteiger partial charge in [-0.25, -0.2) is 14.4 Å². The van der Waals surface area contributed by atoms with E-state index in [1.165, 1.54) is 30.5 Å². The molecule has 0 saturated heterocycles. The summed E-state index contributed by atoms with van der Waals surface area (Å²) >= 11 is 0. The second-order valence-electron chi connectivity index (χ2n) is 9.82. The van der Waals surface area contributed by atoms with Gasteiger partial charge in [-0.15, -0.1) is 0 Å². The number of amides is 1. The van der Waals surface area contributed by atoms with Crippen molar-refractivity contribution in [3.05, 3.63) is 71.3 Å². The van der Waals surface area contributed by atoms with E-state index in [1.807, 2.05) is 31.5 Å². The molecule has 2 aromatic heterocycles. The minimum Gasteiger partial charge on any atom is -0.367 e. The van der Waals surface area contributed by atoms with Crippen LogP contribution >= 0.6 is 0 Å². The molecule has 2 aliphatic carbocycles. The van der Waals surface area contributed by atoms with Gasteiger partial charge in [-0.05, 0) is 79.5 Å². The van der Waals surface area contributed by atoms with Gasteiger partial charge in [0.25, 0.3) is 0 Å². The number of benzene rings is 2. The van der Waals surface area contributed by atoms with Crippen LogP contribution in [0.3, 0.4) is 0 Å². The van der Waals surface area contributed by atoms with Crippen molar-refractivity contribution in [1.82, 2.24) is 14.4 Å². The third kappa shape index (κ3) is 4.16. The molecule has 0 bridgehead atoms. The van der Waals surface area contributed by atoms with E-state index in [1.54, 1.807) is 12.1 Å². The Bertz CT molecular complexity index is 1430. The van der Waals surface area contributed by atoms with E-state index < -0.39 is 5.91 Å². The number of fused-ring (bicyclic) bond motifs is 1. The maximum Gasteiger partial charge on any atom is 0.248 e. The predicted octanol–water partition coefficient (Wildman–Crippen LogP) is 5.70. The molecule has 0 aliphatic heterocycles. The third-order valence-corrected chi connectivity index (χ3v) is 7.22. The second kappa shape index (κ2) is 8.48. The Hall–Kier alpha value is -3.74. The lowest BCUT2D eigenvalue weighted by Crippen LogP contribution is -2.14. The third-order valence-electron chi connectivity index (χ3n) is 7.22. The fraction of sp³-hybridized carbons (Fsp3) is 0.321. The lowest BCUT2D eigenvalue weighted by molar-refractivity contribution is 0.0999. The highest BCUT2D eigenvalue weighted by Gasteiger charge is 2.31. The quantitative estimate of drug-likeness (QED) is 0.347. The summed E-state index contributed by atoms with van der Waals surface area (Å²) in [6.07, 6.45) is 9.76. The van der Waals surface area contributed by atoms with Gasteiger partial charge in [0.05, 0.1) is 17.6 Å². The standard InChI is InChI=1S/C28H28FN5O/c1-16-21(26(30)35)10-11-22(25(16)19-4-5-19)24-14-32-28-27(31-13-12-17-2-3-17)33-23(15-34(24)28)18-6-8-20(29)9-7-18/h6-11,14-15,17,19H,2-5,12-13H2,1H3,(H2,30,35)(H,31,33). The smallest absolute Gasteiger partial charge is 0.248 e. The average molecular weight is 470 g/mol. The maximum atomic E-state index is 13.6. The highest BCUT2D eigenvalue weighted by Crippen LogP contribution is 2.47. The highest BCUT2D eigenvalue weighted by molar-refractivity contribution is 5.96. The molecule has 35 heavy (non-hydrogen) atoms. The van der Waals surface area contributed by atoms with Crippen molar-refractivity contribution in [2.45, 2.75) is 44.9 Å². The van der Waals surface area contributed by atoms with Crippen molar-refractivity contribution in [3.8, 4) is 22.5 Å². The molecule has 178 valence electrons. The number of primary amides is 1. The fourth-order valence-corrected chi connectivity index (χ4v) is 4.98. The molecular weight excluding hydrogens is 441 g/mol. The summed E-state index contributed by atoms with van der Waals surface area (Å²) < 4.78 is 15.7. The first-order valence-electron chi connectivity index (χ1n) is 12.3. The molecule has 2 aliphatic rings. The second-order valence-corrected chi connectivity index (χ2v) is 9.82. The number of nitrogens with one attached hydrogen (secondary N) is 1. The van der Waals surface area contributed by atoms with Crippen LogP contribution in [0.25, 0.3) is 28.2 Å². The van der Waals surface area contributed by atoms with Crippen molar-refractivity contribution in [1.29, 1.82) is 0 Å². The van der Waals surface area contributed by atoms with E-state index in [0.717, 1.165) is 71.3 Å². The average Bonchev–Trinajstić information content (AvgIpc) is 3.78. The van der Waals surface area contributed by atoms with Gasteiger partial charge in [-0.3, -0.25) is 9.20 Å². The van der Waals surface area contributed by atoms with Crippen molar-refractivity contribution in [3.63, 3.8) is 0 Å². The number of aromatic nitrogens is 3. The van der Waals surface area contributed by atoms with Gasteiger partial charge in [-0.1, -0.05) is 18.9 Å². The van der Waals surface area contributed by atoms with E-state index in [-0.39, 0.29) is 5.82 Å². The highest BCUT2D eigenvalue weighted by atomic mass is 19.1. The molecule has 0 unspecified atom stereocenters. The van der Waals surface area contributed by atoms with Gasteiger partial charge in [0, 0.05) is 29.4 Å². The molecule has 2 heterocycles. The molecule has 2 aromatic carbocycles. The van der Waals surface area contributed by atoms with Crippen LogP contribution in [0.4, 0.5) is 10.2 Å². The molecule has 1 amide bonds. The first-order chi connectivity index (χ1) is 17.0. The number of nitrogens with zero attached hydrogens (tertiary/aromatic N) is 3. The summed E-state index contributed by atoms with van der Waals surface area (Å²) in [7, 11) is 0. The Morgan fingerprint density at radius 2 is 1.91 bits per heavy atom. The van der Waals surface area contributed by atoms with E-state index >= 15 is 0 Å². The first-order valence-corrected chi connectivity index (χ1v) is 12.3. The van der Waals surface area contributed by atoms with Crippen LogP contribution in [-0.2, 0) is 0 Å². The molecule has 3 N–H and O–H groups in total. The molecule has 2 fully saturated rings. The van der Waals surface area contributed by atoms with Crippen LogP contribution in [0.15, 0.2) is 48.8 Å². The number of anilines is 1. The van der Waals surface area contributed by atoms with Crippen LogP contribution in [-0.4, -0.2) is 26.8 Å². The van der Waals surface area contributed by atoms with Gasteiger partial charge in [0.1, 0.15) is 5.82 Å². The lowest BCUT2D eigenvalue weighted by atomic mass is 9.92.